The molecule has 8 nitrogen and oxygen atoms in total. The molecule has 1 aromatic carbocycles. The Morgan fingerprint density at radius 1 is 1.24 bits per heavy atom. The molecule has 0 radical (unpaired) electrons. The maximum Gasteiger partial charge on any atom is 0.248 e. The summed E-state index contributed by atoms with van der Waals surface area (Å²) >= 11 is 12.5. The van der Waals surface area contributed by atoms with Crippen LogP contribution in [0.4, 0.5) is 5.69 Å². The first kappa shape index (κ1) is 19.0. The number of ether oxygens (including phenoxy) is 1. The monoisotopic (exact) mass is 435 g/mol. The zero-order chi connectivity index (χ0) is 20.0. The number of nitrogen functional groups attached to an aromatic ring is 1. The Kier molecular flexibility index (Phi) is 5.03. The van der Waals surface area contributed by atoms with Crippen LogP contribution in [0.25, 0.3) is 0 Å². The first-order valence-corrected chi connectivity index (χ1v) is 10.6. The first-order valence-electron chi connectivity index (χ1n) is 9.82. The summed E-state index contributed by atoms with van der Waals surface area (Å²) in [7, 11) is 0. The number of aliphatic imine (C=N–C) groups is 2. The van der Waals surface area contributed by atoms with Crippen LogP contribution in [0.5, 0.6) is 0 Å². The minimum absolute atomic E-state index is 0.150. The number of morpholine rings is 1. The molecule has 3 heterocycles. The third-order valence-corrected chi connectivity index (χ3v) is 6.59. The molecule has 0 saturated carbocycles. The fourth-order valence-electron chi connectivity index (χ4n) is 4.12. The number of benzene rings is 1. The van der Waals surface area contributed by atoms with Crippen LogP contribution in [0, 0.1) is 0 Å². The summed E-state index contributed by atoms with van der Waals surface area (Å²) in [6.45, 7) is 4.47. The van der Waals surface area contributed by atoms with Crippen molar-refractivity contribution in [1.82, 2.24) is 20.7 Å². The second kappa shape index (κ2) is 7.68. The molecule has 10 heteroatoms. The van der Waals surface area contributed by atoms with Crippen molar-refractivity contribution in [1.29, 1.82) is 0 Å². The van der Waals surface area contributed by atoms with Gasteiger partial charge in [-0.1, -0.05) is 23.2 Å². The van der Waals surface area contributed by atoms with Crippen molar-refractivity contribution < 1.29 is 4.74 Å². The van der Waals surface area contributed by atoms with Gasteiger partial charge in [-0.25, -0.2) is 10.0 Å². The van der Waals surface area contributed by atoms with Crippen LogP contribution in [0.2, 0.25) is 10.0 Å². The average molecular weight is 436 g/mol. The van der Waals surface area contributed by atoms with Crippen molar-refractivity contribution in [3.8, 4) is 0 Å². The van der Waals surface area contributed by atoms with Crippen molar-refractivity contribution in [2.24, 2.45) is 9.98 Å². The number of hydrazine groups is 1. The zero-order valence-corrected chi connectivity index (χ0v) is 17.4. The number of rotatable bonds is 3. The fourth-order valence-corrected chi connectivity index (χ4v) is 4.54. The molecule has 1 aromatic rings. The summed E-state index contributed by atoms with van der Waals surface area (Å²) in [4.78, 5) is 11.8. The number of nitrogens with zero attached hydrogens (tertiary/aromatic N) is 4. The zero-order valence-electron chi connectivity index (χ0n) is 15.9. The van der Waals surface area contributed by atoms with Gasteiger partial charge in [-0.05, 0) is 30.5 Å². The maximum atomic E-state index is 6.35. The normalized spacial score (nSPS) is 23.6. The van der Waals surface area contributed by atoms with E-state index in [1.165, 1.54) is 5.57 Å². The Bertz CT molecular complexity index is 923. The van der Waals surface area contributed by atoms with Gasteiger partial charge in [0.2, 0.25) is 11.9 Å². The second-order valence-electron chi connectivity index (χ2n) is 7.53. The van der Waals surface area contributed by atoms with E-state index in [0.29, 0.717) is 22.3 Å². The predicted molar refractivity (Wildman–Crippen MR) is 115 cm³/mol. The van der Waals surface area contributed by atoms with Crippen LogP contribution < -0.4 is 16.5 Å². The summed E-state index contributed by atoms with van der Waals surface area (Å²) in [5.74, 6) is 1.58. The molecular formula is C19H23Cl2N7O. The predicted octanol–water partition coefficient (Wildman–Crippen LogP) is 1.96. The van der Waals surface area contributed by atoms with Crippen molar-refractivity contribution in [3.63, 3.8) is 0 Å². The average Bonchev–Trinajstić information content (AvgIpc) is 3.33. The van der Waals surface area contributed by atoms with E-state index in [0.717, 1.165) is 68.9 Å². The second-order valence-corrected chi connectivity index (χ2v) is 8.32. The van der Waals surface area contributed by atoms with E-state index in [1.54, 1.807) is 12.1 Å². The highest BCUT2D eigenvalue weighted by Crippen LogP contribution is 2.34. The van der Waals surface area contributed by atoms with Gasteiger partial charge in [0.05, 0.1) is 41.5 Å². The third kappa shape index (κ3) is 3.54. The SMILES string of the molecule is Nc1ccc(Cl)c(Cl)c1CNC1CCC2=C1N=C1N=C(N3CCOCC3)NN1C2. The van der Waals surface area contributed by atoms with Crippen LogP contribution in [0.15, 0.2) is 33.4 Å². The number of hydrogen-bond acceptors (Lipinski definition) is 8. The molecule has 5 rings (SSSR count). The van der Waals surface area contributed by atoms with Crippen molar-refractivity contribution in [3.05, 3.63) is 39.0 Å². The number of nitrogens with one attached hydrogen (secondary N) is 2. The van der Waals surface area contributed by atoms with Gasteiger partial charge in [-0.15, -0.1) is 0 Å². The van der Waals surface area contributed by atoms with Gasteiger partial charge < -0.3 is 20.7 Å². The highest BCUT2D eigenvalue weighted by Gasteiger charge is 2.35. The van der Waals surface area contributed by atoms with E-state index in [2.05, 4.69) is 15.6 Å². The van der Waals surface area contributed by atoms with Gasteiger partial charge in [0.15, 0.2) is 0 Å². The molecule has 4 N–H and O–H groups in total. The van der Waals surface area contributed by atoms with Gasteiger partial charge in [-0.2, -0.15) is 4.99 Å². The van der Waals surface area contributed by atoms with Gasteiger partial charge >= 0.3 is 0 Å². The van der Waals surface area contributed by atoms with E-state index in [-0.39, 0.29) is 6.04 Å². The van der Waals surface area contributed by atoms with Gasteiger partial charge in [-0.3, -0.25) is 5.43 Å². The Balaban J connectivity index is 1.31. The van der Waals surface area contributed by atoms with Crippen LogP contribution in [-0.2, 0) is 11.3 Å². The number of fused-ring (bicyclic) bond motifs is 1. The fraction of sp³-hybridized carbons (Fsp3) is 0.474. The molecule has 4 aliphatic rings. The summed E-state index contributed by atoms with van der Waals surface area (Å²) in [6, 6.07) is 3.66. The lowest BCUT2D eigenvalue weighted by Crippen LogP contribution is -2.50. The molecule has 0 amide bonds. The van der Waals surface area contributed by atoms with Crippen molar-refractivity contribution >= 4 is 40.8 Å². The van der Waals surface area contributed by atoms with Crippen LogP contribution in [-0.4, -0.2) is 60.7 Å². The molecule has 1 aliphatic carbocycles. The van der Waals surface area contributed by atoms with Crippen LogP contribution >= 0.6 is 23.2 Å². The molecule has 1 unspecified atom stereocenters. The third-order valence-electron chi connectivity index (χ3n) is 5.75. The number of anilines is 1. The molecule has 1 fully saturated rings. The lowest BCUT2D eigenvalue weighted by Gasteiger charge is -2.30. The Morgan fingerprint density at radius 2 is 2.07 bits per heavy atom. The van der Waals surface area contributed by atoms with Crippen molar-refractivity contribution in [2.45, 2.75) is 25.4 Å². The lowest BCUT2D eigenvalue weighted by molar-refractivity contribution is 0.0657. The molecule has 0 aromatic heterocycles. The minimum Gasteiger partial charge on any atom is -0.398 e. The molecule has 3 aliphatic heterocycles. The molecular weight excluding hydrogens is 413 g/mol. The molecule has 154 valence electrons. The Labute approximate surface area is 179 Å². The largest absolute Gasteiger partial charge is 0.398 e. The highest BCUT2D eigenvalue weighted by atomic mass is 35.5. The molecule has 1 atom stereocenters. The van der Waals surface area contributed by atoms with Gasteiger partial charge in [0.1, 0.15) is 0 Å². The van der Waals surface area contributed by atoms with Crippen LogP contribution in [0.3, 0.4) is 0 Å². The topological polar surface area (TPSA) is 90.5 Å². The first-order chi connectivity index (χ1) is 14.1. The van der Waals surface area contributed by atoms with E-state index in [1.807, 2.05) is 5.01 Å². The van der Waals surface area contributed by atoms with E-state index in [4.69, 9.17) is 43.7 Å². The number of nitrogens with two attached hydrogens (primary N) is 1. The smallest absolute Gasteiger partial charge is 0.248 e. The molecule has 1 saturated heterocycles. The van der Waals surface area contributed by atoms with Crippen molar-refractivity contribution in [2.75, 3.05) is 38.6 Å². The van der Waals surface area contributed by atoms with Gasteiger partial charge in [0.25, 0.3) is 0 Å². The number of halogens is 2. The lowest BCUT2D eigenvalue weighted by atomic mass is 10.1. The minimum atomic E-state index is 0.150. The number of hydrogen-bond donors (Lipinski definition) is 3. The summed E-state index contributed by atoms with van der Waals surface area (Å²) in [5.41, 5.74) is 13.4. The molecule has 29 heavy (non-hydrogen) atoms. The highest BCUT2D eigenvalue weighted by molar-refractivity contribution is 6.42. The maximum absolute atomic E-state index is 6.35. The standard InChI is InChI=1S/C19H23Cl2N7O/c20-13-2-3-14(22)12(16(13)21)9-23-15-4-1-11-10-28-18(24-17(11)15)25-19(26-28)27-5-7-29-8-6-27/h2-3,15,23H,1,4-10,22H2,(H,24,25,26). The quantitative estimate of drug-likeness (QED) is 0.628. The Morgan fingerprint density at radius 3 is 2.90 bits per heavy atom. The summed E-state index contributed by atoms with van der Waals surface area (Å²) < 4.78 is 5.43. The Hall–Kier alpha value is -2.00. The van der Waals surface area contributed by atoms with E-state index < -0.39 is 0 Å². The van der Waals surface area contributed by atoms with Crippen LogP contribution in [0.1, 0.15) is 18.4 Å². The van der Waals surface area contributed by atoms with Gasteiger partial charge in [0, 0.05) is 30.9 Å². The summed E-state index contributed by atoms with van der Waals surface area (Å²) in [5, 5.41) is 6.60. The number of guanidine groups is 2. The van der Waals surface area contributed by atoms with E-state index in [9.17, 15) is 0 Å². The van der Waals surface area contributed by atoms with E-state index >= 15 is 0 Å². The molecule has 0 bridgehead atoms. The summed E-state index contributed by atoms with van der Waals surface area (Å²) in [6.07, 6.45) is 2.00. The molecule has 0 spiro atoms.